The molecule has 0 saturated heterocycles. The molecule has 3 N–H and O–H groups in total. The molecule has 0 unspecified atom stereocenters. The van der Waals surface area contributed by atoms with Gasteiger partial charge in [0.25, 0.3) is 5.91 Å². The third-order valence-corrected chi connectivity index (χ3v) is 3.70. The lowest BCUT2D eigenvalue weighted by Gasteiger charge is -2.31. The molecule has 0 aliphatic carbocycles. The molecule has 0 spiro atoms. The van der Waals surface area contributed by atoms with Crippen LogP contribution in [-0.4, -0.2) is 28.2 Å². The smallest absolute Gasteiger partial charge is 0.253 e. The molecule has 0 aromatic carbocycles. The maximum Gasteiger partial charge on any atom is 0.253 e. The maximum absolute atomic E-state index is 12.4. The van der Waals surface area contributed by atoms with Crippen molar-refractivity contribution < 1.29 is 4.79 Å². The minimum atomic E-state index is -0.334. The molecular formula is C14H24N4O. The zero-order chi connectivity index (χ0) is 14.5. The van der Waals surface area contributed by atoms with E-state index in [9.17, 15) is 4.79 Å². The van der Waals surface area contributed by atoms with Crippen LogP contribution in [0.1, 0.15) is 55.4 Å². The Labute approximate surface area is 115 Å². The second-order valence-corrected chi connectivity index (χ2v) is 4.85. The van der Waals surface area contributed by atoms with Crippen molar-refractivity contribution in [3.8, 4) is 0 Å². The first-order chi connectivity index (χ1) is 9.01. The van der Waals surface area contributed by atoms with Gasteiger partial charge in [0.15, 0.2) is 0 Å². The van der Waals surface area contributed by atoms with Gasteiger partial charge in [0.2, 0.25) is 0 Å². The third kappa shape index (κ3) is 3.50. The molecule has 0 radical (unpaired) electrons. The Kier molecular flexibility index (Phi) is 5.42. The predicted molar refractivity (Wildman–Crippen MR) is 76.0 cm³/mol. The van der Waals surface area contributed by atoms with Gasteiger partial charge in [-0.1, -0.05) is 20.8 Å². The van der Waals surface area contributed by atoms with Crippen LogP contribution in [0.25, 0.3) is 0 Å². The van der Waals surface area contributed by atoms with Crippen molar-refractivity contribution in [3.63, 3.8) is 0 Å². The van der Waals surface area contributed by atoms with Crippen molar-refractivity contribution in [2.45, 2.75) is 52.5 Å². The molecule has 0 aliphatic rings. The number of nitrogens with one attached hydrogen (secondary N) is 1. The van der Waals surface area contributed by atoms with Crippen molar-refractivity contribution >= 4 is 5.91 Å². The lowest BCUT2D eigenvalue weighted by molar-refractivity contribution is 0.0893. The van der Waals surface area contributed by atoms with E-state index in [-0.39, 0.29) is 11.4 Å². The zero-order valence-electron chi connectivity index (χ0n) is 12.3. The van der Waals surface area contributed by atoms with Crippen LogP contribution in [-0.2, 0) is 6.42 Å². The number of aromatic nitrogens is 2. The fraction of sp³-hybridized carbons (Fsp3) is 0.643. The van der Waals surface area contributed by atoms with Gasteiger partial charge in [-0.15, -0.1) is 0 Å². The molecule has 0 fully saturated rings. The van der Waals surface area contributed by atoms with Crippen molar-refractivity contribution in [2.75, 3.05) is 6.54 Å². The number of hydrogen-bond donors (Lipinski definition) is 2. The Bertz CT molecular complexity index is 433. The monoisotopic (exact) mass is 264 g/mol. The van der Waals surface area contributed by atoms with Crippen molar-refractivity contribution in [1.82, 2.24) is 15.5 Å². The third-order valence-electron chi connectivity index (χ3n) is 3.70. The highest BCUT2D eigenvalue weighted by molar-refractivity contribution is 5.95. The minimum Gasteiger partial charge on any atom is -0.345 e. The van der Waals surface area contributed by atoms with Gasteiger partial charge in [-0.2, -0.15) is 10.2 Å². The topological polar surface area (TPSA) is 80.9 Å². The molecule has 1 heterocycles. The van der Waals surface area contributed by atoms with Gasteiger partial charge >= 0.3 is 0 Å². The largest absolute Gasteiger partial charge is 0.345 e. The highest BCUT2D eigenvalue weighted by Crippen LogP contribution is 2.16. The van der Waals surface area contributed by atoms with Gasteiger partial charge in [0, 0.05) is 6.54 Å². The first-order valence-corrected chi connectivity index (χ1v) is 6.87. The molecule has 0 aliphatic heterocycles. The second kappa shape index (κ2) is 6.61. The number of amides is 1. The SMILES string of the molecule is CCc1nnc(C)cc1C(=O)NC(CC)(CC)CN. The molecule has 5 nitrogen and oxygen atoms in total. The van der Waals surface area contributed by atoms with Gasteiger partial charge < -0.3 is 11.1 Å². The number of rotatable bonds is 6. The predicted octanol–water partition coefficient (Wildman–Crippen LogP) is 1.59. The summed E-state index contributed by atoms with van der Waals surface area (Å²) >= 11 is 0. The van der Waals surface area contributed by atoms with Crippen molar-refractivity contribution in [1.29, 1.82) is 0 Å². The van der Waals surface area contributed by atoms with E-state index in [0.29, 0.717) is 18.5 Å². The number of carbonyl (C=O) groups excluding carboxylic acids is 1. The molecular weight excluding hydrogens is 240 g/mol. The van der Waals surface area contributed by atoms with E-state index in [1.165, 1.54) is 0 Å². The van der Waals surface area contributed by atoms with Crippen LogP contribution in [0.3, 0.4) is 0 Å². The van der Waals surface area contributed by atoms with E-state index in [4.69, 9.17) is 5.73 Å². The normalized spacial score (nSPS) is 11.4. The first kappa shape index (κ1) is 15.6. The molecule has 0 saturated carbocycles. The average Bonchev–Trinajstić information content (AvgIpc) is 2.44. The van der Waals surface area contributed by atoms with E-state index >= 15 is 0 Å². The molecule has 5 heteroatoms. The molecule has 1 rings (SSSR count). The second-order valence-electron chi connectivity index (χ2n) is 4.85. The van der Waals surface area contributed by atoms with Gasteiger partial charge in [-0.05, 0) is 32.3 Å². The van der Waals surface area contributed by atoms with E-state index in [1.54, 1.807) is 6.07 Å². The highest BCUT2D eigenvalue weighted by atomic mass is 16.1. The van der Waals surface area contributed by atoms with E-state index < -0.39 is 0 Å². The molecule has 106 valence electrons. The standard InChI is InChI=1S/C14H24N4O/c1-5-12-11(8-10(4)17-18-12)13(19)16-14(6-2,7-3)9-15/h8H,5-7,9,15H2,1-4H3,(H,16,19). The number of aryl methyl sites for hydroxylation is 2. The van der Waals surface area contributed by atoms with Gasteiger partial charge in [0.05, 0.1) is 22.5 Å². The van der Waals surface area contributed by atoms with Crippen LogP contribution in [0.5, 0.6) is 0 Å². The summed E-state index contributed by atoms with van der Waals surface area (Å²) in [5.41, 5.74) is 7.55. The van der Waals surface area contributed by atoms with Crippen molar-refractivity contribution in [2.24, 2.45) is 5.73 Å². The summed E-state index contributed by atoms with van der Waals surface area (Å²) in [7, 11) is 0. The summed E-state index contributed by atoms with van der Waals surface area (Å²) in [6.45, 7) is 8.30. The van der Waals surface area contributed by atoms with E-state index in [2.05, 4.69) is 15.5 Å². The lowest BCUT2D eigenvalue weighted by Crippen LogP contribution is -2.53. The minimum absolute atomic E-state index is 0.107. The number of hydrogen-bond acceptors (Lipinski definition) is 4. The van der Waals surface area contributed by atoms with Crippen LogP contribution >= 0.6 is 0 Å². The maximum atomic E-state index is 12.4. The summed E-state index contributed by atoms with van der Waals surface area (Å²) in [5.74, 6) is -0.107. The molecule has 1 aromatic rings. The molecule has 1 aromatic heterocycles. The summed E-state index contributed by atoms with van der Waals surface area (Å²) in [6.07, 6.45) is 2.30. The van der Waals surface area contributed by atoms with Crippen LogP contribution in [0.2, 0.25) is 0 Å². The fourth-order valence-electron chi connectivity index (χ4n) is 2.05. The van der Waals surface area contributed by atoms with Gasteiger partial charge in [-0.3, -0.25) is 4.79 Å². The Balaban J connectivity index is 3.03. The average molecular weight is 264 g/mol. The van der Waals surface area contributed by atoms with Gasteiger partial charge in [0.1, 0.15) is 0 Å². The summed E-state index contributed by atoms with van der Waals surface area (Å²) < 4.78 is 0. The Hall–Kier alpha value is -1.49. The Morgan fingerprint density at radius 2 is 1.95 bits per heavy atom. The van der Waals surface area contributed by atoms with E-state index in [1.807, 2.05) is 27.7 Å². The number of nitrogens with two attached hydrogens (primary N) is 1. The Morgan fingerprint density at radius 3 is 2.42 bits per heavy atom. The zero-order valence-corrected chi connectivity index (χ0v) is 12.3. The summed E-state index contributed by atoms with van der Waals surface area (Å²) in [5, 5.41) is 11.1. The van der Waals surface area contributed by atoms with Crippen LogP contribution < -0.4 is 11.1 Å². The molecule has 0 atom stereocenters. The number of nitrogens with zero attached hydrogens (tertiary/aromatic N) is 2. The fourth-order valence-corrected chi connectivity index (χ4v) is 2.05. The molecule has 0 bridgehead atoms. The van der Waals surface area contributed by atoms with Crippen LogP contribution in [0, 0.1) is 6.92 Å². The van der Waals surface area contributed by atoms with Crippen LogP contribution in [0.4, 0.5) is 0 Å². The lowest BCUT2D eigenvalue weighted by atomic mass is 9.92. The first-order valence-electron chi connectivity index (χ1n) is 6.87. The number of carbonyl (C=O) groups is 1. The molecule has 19 heavy (non-hydrogen) atoms. The van der Waals surface area contributed by atoms with Crippen molar-refractivity contribution in [3.05, 3.63) is 23.0 Å². The summed E-state index contributed by atoms with van der Waals surface area (Å²) in [6, 6.07) is 1.79. The summed E-state index contributed by atoms with van der Waals surface area (Å²) in [4.78, 5) is 12.4. The molecule has 1 amide bonds. The van der Waals surface area contributed by atoms with Crippen LogP contribution in [0.15, 0.2) is 6.07 Å². The quantitative estimate of drug-likeness (QED) is 0.817. The van der Waals surface area contributed by atoms with E-state index in [0.717, 1.165) is 24.2 Å². The van der Waals surface area contributed by atoms with Gasteiger partial charge in [-0.25, -0.2) is 0 Å². The highest BCUT2D eigenvalue weighted by Gasteiger charge is 2.27. The Morgan fingerprint density at radius 1 is 1.32 bits per heavy atom.